The molecule has 0 spiro atoms. The van der Waals surface area contributed by atoms with E-state index >= 15 is 0 Å². The maximum Gasteiger partial charge on any atom is 0.198 e. The molecule has 0 unspecified atom stereocenters. The van der Waals surface area contributed by atoms with E-state index in [1.165, 1.54) is 11.1 Å². The highest BCUT2D eigenvalue weighted by molar-refractivity contribution is 5.79. The molecular formula is C15H13N4. The molecule has 0 fully saturated rings. The van der Waals surface area contributed by atoms with Crippen molar-refractivity contribution in [3.8, 4) is 22.5 Å². The number of hydrogen-bond donors (Lipinski definition) is 1. The summed E-state index contributed by atoms with van der Waals surface area (Å²) in [6, 6.07) is 6.32. The van der Waals surface area contributed by atoms with Crippen LogP contribution in [0.15, 0.2) is 36.9 Å². The van der Waals surface area contributed by atoms with E-state index in [9.17, 15) is 0 Å². The van der Waals surface area contributed by atoms with Crippen molar-refractivity contribution < 1.29 is 0 Å². The number of imidazole rings is 1. The first-order valence-electron chi connectivity index (χ1n) is 6.05. The molecule has 0 amide bonds. The van der Waals surface area contributed by atoms with E-state index in [2.05, 4.69) is 58.3 Å². The van der Waals surface area contributed by atoms with Crippen LogP contribution in [0, 0.1) is 20.2 Å². The van der Waals surface area contributed by atoms with Gasteiger partial charge < -0.3 is 4.98 Å². The second-order valence-electron chi connectivity index (χ2n) is 4.52. The highest BCUT2D eigenvalue weighted by atomic mass is 14.9. The molecule has 4 nitrogen and oxygen atoms in total. The SMILES string of the molecule is Cc1ccc(-c2n[c]ncc2-c2cnc[nH]2)c(C)c1. The third-order valence-corrected chi connectivity index (χ3v) is 3.09. The van der Waals surface area contributed by atoms with Gasteiger partial charge in [-0.1, -0.05) is 23.8 Å². The number of nitrogens with zero attached hydrogens (tertiary/aromatic N) is 3. The molecule has 0 saturated carbocycles. The highest BCUT2D eigenvalue weighted by Gasteiger charge is 2.12. The third kappa shape index (κ3) is 2.12. The minimum Gasteiger partial charge on any atom is -0.345 e. The third-order valence-electron chi connectivity index (χ3n) is 3.09. The van der Waals surface area contributed by atoms with Crippen LogP contribution in [0.2, 0.25) is 0 Å². The van der Waals surface area contributed by atoms with Gasteiger partial charge in [-0.25, -0.2) is 15.0 Å². The van der Waals surface area contributed by atoms with Crippen LogP contribution in [0.25, 0.3) is 22.5 Å². The van der Waals surface area contributed by atoms with Crippen LogP contribution in [0.5, 0.6) is 0 Å². The van der Waals surface area contributed by atoms with Crippen molar-refractivity contribution in [2.75, 3.05) is 0 Å². The first-order chi connectivity index (χ1) is 9.25. The van der Waals surface area contributed by atoms with Crippen LogP contribution >= 0.6 is 0 Å². The second-order valence-corrected chi connectivity index (χ2v) is 4.52. The Bertz CT molecular complexity index is 702. The molecule has 0 aliphatic carbocycles. The Kier molecular flexibility index (Phi) is 2.83. The number of aryl methyl sites for hydroxylation is 2. The van der Waals surface area contributed by atoms with E-state index in [-0.39, 0.29) is 0 Å². The highest BCUT2D eigenvalue weighted by Crippen LogP contribution is 2.30. The lowest BCUT2D eigenvalue weighted by molar-refractivity contribution is 1.14. The standard InChI is InChI=1S/C15H13N4/c1-10-3-4-12(11(2)5-10)15-13(6-16-9-19-15)14-7-17-8-18-14/h3-8H,1-2H3,(H,17,18). The lowest BCUT2D eigenvalue weighted by atomic mass is 9.99. The molecule has 19 heavy (non-hydrogen) atoms. The van der Waals surface area contributed by atoms with Crippen molar-refractivity contribution in [3.05, 3.63) is 54.4 Å². The molecule has 4 heteroatoms. The summed E-state index contributed by atoms with van der Waals surface area (Å²) in [5.41, 5.74) is 6.23. The number of rotatable bonds is 2. The molecule has 0 aliphatic rings. The lowest BCUT2D eigenvalue weighted by Crippen LogP contribution is -1.94. The second kappa shape index (κ2) is 4.65. The van der Waals surface area contributed by atoms with Crippen LogP contribution in [0.4, 0.5) is 0 Å². The summed E-state index contributed by atoms with van der Waals surface area (Å²) in [6.45, 7) is 4.17. The molecule has 3 rings (SSSR count). The summed E-state index contributed by atoms with van der Waals surface area (Å²) in [5, 5.41) is 0. The summed E-state index contributed by atoms with van der Waals surface area (Å²) in [6.07, 6.45) is 7.85. The molecule has 2 aromatic heterocycles. The predicted octanol–water partition coefficient (Wildman–Crippen LogP) is 2.95. The first-order valence-corrected chi connectivity index (χ1v) is 6.05. The molecule has 3 aromatic rings. The van der Waals surface area contributed by atoms with Crippen LogP contribution < -0.4 is 0 Å². The van der Waals surface area contributed by atoms with Crippen LogP contribution in [-0.4, -0.2) is 19.9 Å². The molecule has 0 saturated heterocycles. The summed E-state index contributed by atoms with van der Waals surface area (Å²) >= 11 is 0. The number of benzene rings is 1. The summed E-state index contributed by atoms with van der Waals surface area (Å²) in [5.74, 6) is 0. The van der Waals surface area contributed by atoms with Crippen molar-refractivity contribution in [1.82, 2.24) is 19.9 Å². The van der Waals surface area contributed by atoms with Gasteiger partial charge in [0.15, 0.2) is 6.33 Å². The number of aromatic amines is 1. The Morgan fingerprint density at radius 1 is 1.11 bits per heavy atom. The van der Waals surface area contributed by atoms with Gasteiger partial charge in [0.05, 0.1) is 23.9 Å². The van der Waals surface area contributed by atoms with E-state index < -0.39 is 0 Å². The zero-order valence-electron chi connectivity index (χ0n) is 10.8. The van der Waals surface area contributed by atoms with Crippen LogP contribution in [0.1, 0.15) is 11.1 Å². The zero-order valence-corrected chi connectivity index (χ0v) is 10.8. The summed E-state index contributed by atoms with van der Waals surface area (Å²) in [7, 11) is 0. The van der Waals surface area contributed by atoms with Gasteiger partial charge in [0, 0.05) is 17.3 Å². The first kappa shape index (κ1) is 11.6. The van der Waals surface area contributed by atoms with Gasteiger partial charge in [-0.15, -0.1) is 0 Å². The molecule has 0 atom stereocenters. The van der Waals surface area contributed by atoms with Crippen LogP contribution in [-0.2, 0) is 0 Å². The van der Waals surface area contributed by atoms with Crippen molar-refractivity contribution in [2.45, 2.75) is 13.8 Å². The molecule has 2 heterocycles. The molecule has 0 bridgehead atoms. The monoisotopic (exact) mass is 249 g/mol. The Balaban J connectivity index is 2.21. The van der Waals surface area contributed by atoms with Crippen molar-refractivity contribution >= 4 is 0 Å². The number of H-pyrrole nitrogens is 1. The topological polar surface area (TPSA) is 54.5 Å². The quantitative estimate of drug-likeness (QED) is 0.759. The number of hydrogen-bond acceptors (Lipinski definition) is 3. The molecule has 93 valence electrons. The fourth-order valence-electron chi connectivity index (χ4n) is 2.18. The average molecular weight is 249 g/mol. The smallest absolute Gasteiger partial charge is 0.198 e. The van der Waals surface area contributed by atoms with Crippen molar-refractivity contribution in [3.63, 3.8) is 0 Å². The summed E-state index contributed by atoms with van der Waals surface area (Å²) in [4.78, 5) is 15.4. The molecule has 1 aromatic carbocycles. The van der Waals surface area contributed by atoms with Gasteiger partial charge in [0.2, 0.25) is 0 Å². The fourth-order valence-corrected chi connectivity index (χ4v) is 2.18. The van der Waals surface area contributed by atoms with Crippen LogP contribution in [0.3, 0.4) is 0 Å². The lowest BCUT2D eigenvalue weighted by Gasteiger charge is -2.09. The summed E-state index contributed by atoms with van der Waals surface area (Å²) < 4.78 is 0. The fraction of sp³-hybridized carbons (Fsp3) is 0.133. The van der Waals surface area contributed by atoms with Gasteiger partial charge in [-0.05, 0) is 19.4 Å². The van der Waals surface area contributed by atoms with Gasteiger partial charge >= 0.3 is 0 Å². The maximum atomic E-state index is 4.31. The number of nitrogens with one attached hydrogen (secondary N) is 1. The Morgan fingerprint density at radius 3 is 2.74 bits per heavy atom. The largest absolute Gasteiger partial charge is 0.345 e. The van der Waals surface area contributed by atoms with Gasteiger partial charge in [-0.3, -0.25) is 0 Å². The van der Waals surface area contributed by atoms with Crippen molar-refractivity contribution in [1.29, 1.82) is 0 Å². The minimum absolute atomic E-state index is 0.872. The van der Waals surface area contributed by atoms with Gasteiger partial charge in [0.25, 0.3) is 0 Å². The van der Waals surface area contributed by atoms with E-state index in [0.29, 0.717) is 0 Å². The van der Waals surface area contributed by atoms with Gasteiger partial charge in [-0.2, -0.15) is 0 Å². The Morgan fingerprint density at radius 2 is 2.00 bits per heavy atom. The number of aromatic nitrogens is 4. The van der Waals surface area contributed by atoms with Crippen molar-refractivity contribution in [2.24, 2.45) is 0 Å². The van der Waals surface area contributed by atoms with Gasteiger partial charge in [0.1, 0.15) is 0 Å². The molecular weight excluding hydrogens is 236 g/mol. The Labute approximate surface area is 111 Å². The molecule has 1 N–H and O–H groups in total. The maximum absolute atomic E-state index is 4.31. The zero-order chi connectivity index (χ0) is 13.2. The predicted molar refractivity (Wildman–Crippen MR) is 73.4 cm³/mol. The Hall–Kier alpha value is -2.49. The van der Waals surface area contributed by atoms with E-state index in [4.69, 9.17) is 0 Å². The normalized spacial score (nSPS) is 10.6. The van der Waals surface area contributed by atoms with E-state index in [1.54, 1.807) is 18.7 Å². The molecule has 1 radical (unpaired) electrons. The van der Waals surface area contributed by atoms with E-state index in [0.717, 1.165) is 22.5 Å². The minimum atomic E-state index is 0.872. The molecule has 0 aliphatic heterocycles. The average Bonchev–Trinajstić information content (AvgIpc) is 2.93. The van der Waals surface area contributed by atoms with E-state index in [1.807, 2.05) is 0 Å².